The topological polar surface area (TPSA) is 94.5 Å². The molecule has 0 aliphatic heterocycles. The molecule has 4 rings (SSSR count). The lowest BCUT2D eigenvalue weighted by atomic mass is 10.2. The zero-order valence-electron chi connectivity index (χ0n) is 19.4. The van der Waals surface area contributed by atoms with Crippen molar-refractivity contribution in [1.82, 2.24) is 20.2 Å². The van der Waals surface area contributed by atoms with E-state index in [2.05, 4.69) is 20.7 Å². The summed E-state index contributed by atoms with van der Waals surface area (Å²) in [7, 11) is 0. The molecule has 2 aromatic heterocycles. The molecular formula is C26H25N5O3S. The molecule has 35 heavy (non-hydrogen) atoms. The fourth-order valence-corrected chi connectivity index (χ4v) is 3.98. The first-order chi connectivity index (χ1) is 17.1. The lowest BCUT2D eigenvalue weighted by molar-refractivity contribution is -0.118. The van der Waals surface area contributed by atoms with Gasteiger partial charge in [0.05, 0.1) is 24.8 Å². The molecule has 0 aliphatic carbocycles. The van der Waals surface area contributed by atoms with Crippen LogP contribution >= 0.6 is 11.8 Å². The molecule has 178 valence electrons. The Labute approximate surface area is 207 Å². The lowest BCUT2D eigenvalue weighted by Gasteiger charge is -2.11. The van der Waals surface area contributed by atoms with Crippen LogP contribution in [0, 0.1) is 0 Å². The smallest absolute Gasteiger partial charge is 0.250 e. The average molecular weight is 488 g/mol. The van der Waals surface area contributed by atoms with Gasteiger partial charge in [-0.1, -0.05) is 42.1 Å². The predicted molar refractivity (Wildman–Crippen MR) is 138 cm³/mol. The van der Waals surface area contributed by atoms with E-state index in [4.69, 9.17) is 9.15 Å². The normalized spacial score (nSPS) is 11.7. The van der Waals surface area contributed by atoms with Crippen molar-refractivity contribution in [2.24, 2.45) is 5.10 Å². The van der Waals surface area contributed by atoms with Gasteiger partial charge in [-0.2, -0.15) is 5.10 Å². The second-order valence-electron chi connectivity index (χ2n) is 7.42. The van der Waals surface area contributed by atoms with Crippen molar-refractivity contribution < 1.29 is 13.9 Å². The SMILES string of the molecule is CCOc1ccc(-n2c(SCC(=O)N/N=C/C(C)=C/c3ccco3)nnc2-c2ccccc2)cc1. The fraction of sp³-hybridized carbons (Fsp3) is 0.154. The standard InChI is InChI=1S/C26H25N5O3S/c1-3-33-22-13-11-21(12-14-22)31-25(20-8-5-4-6-9-20)29-30-26(31)35-18-24(32)28-27-17-19(2)16-23-10-7-15-34-23/h4-17H,3,18H2,1-2H3,(H,28,32)/b19-16+,27-17+. The number of hydrogen-bond donors (Lipinski definition) is 1. The first kappa shape index (κ1) is 24.0. The molecule has 2 heterocycles. The largest absolute Gasteiger partial charge is 0.494 e. The molecule has 0 saturated heterocycles. The number of carbonyl (C=O) groups is 1. The average Bonchev–Trinajstić information content (AvgIpc) is 3.54. The van der Waals surface area contributed by atoms with Crippen LogP contribution in [0.4, 0.5) is 0 Å². The number of furan rings is 1. The van der Waals surface area contributed by atoms with Crippen molar-refractivity contribution in [3.05, 3.63) is 84.3 Å². The molecule has 0 radical (unpaired) electrons. The fourth-order valence-electron chi connectivity index (χ4n) is 3.23. The second-order valence-corrected chi connectivity index (χ2v) is 8.36. The number of carbonyl (C=O) groups excluding carboxylic acids is 1. The lowest BCUT2D eigenvalue weighted by Crippen LogP contribution is -2.20. The van der Waals surface area contributed by atoms with Crippen molar-refractivity contribution in [1.29, 1.82) is 0 Å². The van der Waals surface area contributed by atoms with E-state index < -0.39 is 0 Å². The summed E-state index contributed by atoms with van der Waals surface area (Å²) in [6, 6.07) is 21.2. The predicted octanol–water partition coefficient (Wildman–Crippen LogP) is 5.22. The Hall–Kier alpha value is -4.11. The third-order valence-electron chi connectivity index (χ3n) is 4.77. The van der Waals surface area contributed by atoms with Crippen LogP contribution in [0.3, 0.4) is 0 Å². The van der Waals surface area contributed by atoms with Gasteiger partial charge >= 0.3 is 0 Å². The Morgan fingerprint density at radius 1 is 1.11 bits per heavy atom. The zero-order chi connectivity index (χ0) is 24.5. The molecule has 9 heteroatoms. The van der Waals surface area contributed by atoms with Crippen LogP contribution in [-0.4, -0.2) is 39.2 Å². The monoisotopic (exact) mass is 487 g/mol. The minimum atomic E-state index is -0.250. The highest BCUT2D eigenvalue weighted by molar-refractivity contribution is 7.99. The number of rotatable bonds is 10. The van der Waals surface area contributed by atoms with Crippen LogP contribution in [0.5, 0.6) is 5.75 Å². The molecule has 0 saturated carbocycles. The van der Waals surface area contributed by atoms with Crippen molar-refractivity contribution in [3.8, 4) is 22.8 Å². The summed E-state index contributed by atoms with van der Waals surface area (Å²) in [5, 5.41) is 13.4. The summed E-state index contributed by atoms with van der Waals surface area (Å²) in [5.74, 6) is 2.07. The number of allylic oxidation sites excluding steroid dienone is 1. The van der Waals surface area contributed by atoms with Crippen LogP contribution in [0.15, 0.2) is 93.2 Å². The number of ether oxygens (including phenoxy) is 1. The van der Waals surface area contributed by atoms with Crippen molar-refractivity contribution in [2.75, 3.05) is 12.4 Å². The minimum absolute atomic E-state index is 0.127. The van der Waals surface area contributed by atoms with E-state index in [1.54, 1.807) is 12.5 Å². The quantitative estimate of drug-likeness (QED) is 0.187. The van der Waals surface area contributed by atoms with E-state index in [1.165, 1.54) is 11.8 Å². The van der Waals surface area contributed by atoms with Crippen molar-refractivity contribution in [3.63, 3.8) is 0 Å². The molecule has 1 amide bonds. The van der Waals surface area contributed by atoms with E-state index in [1.807, 2.05) is 91.2 Å². The van der Waals surface area contributed by atoms with Gasteiger partial charge in [-0.05, 0) is 61.9 Å². The molecule has 0 aliphatic rings. The van der Waals surface area contributed by atoms with Gasteiger partial charge in [-0.3, -0.25) is 9.36 Å². The van der Waals surface area contributed by atoms with E-state index in [9.17, 15) is 4.79 Å². The van der Waals surface area contributed by atoms with E-state index in [-0.39, 0.29) is 11.7 Å². The van der Waals surface area contributed by atoms with Gasteiger partial charge in [0.2, 0.25) is 0 Å². The highest BCUT2D eigenvalue weighted by Crippen LogP contribution is 2.28. The molecule has 0 bridgehead atoms. The van der Waals surface area contributed by atoms with Gasteiger partial charge in [0.25, 0.3) is 5.91 Å². The number of nitrogens with zero attached hydrogens (tertiary/aromatic N) is 4. The number of aromatic nitrogens is 3. The summed E-state index contributed by atoms with van der Waals surface area (Å²) in [6.45, 7) is 4.41. The third-order valence-corrected chi connectivity index (χ3v) is 5.70. The van der Waals surface area contributed by atoms with Crippen molar-refractivity contribution >= 4 is 30.0 Å². The van der Waals surface area contributed by atoms with E-state index >= 15 is 0 Å². The number of nitrogens with one attached hydrogen (secondary N) is 1. The third kappa shape index (κ3) is 6.48. The highest BCUT2D eigenvalue weighted by atomic mass is 32.2. The summed E-state index contributed by atoms with van der Waals surface area (Å²) < 4.78 is 12.8. The minimum Gasteiger partial charge on any atom is -0.494 e. The molecule has 0 fully saturated rings. The van der Waals surface area contributed by atoms with Gasteiger partial charge in [0.15, 0.2) is 11.0 Å². The van der Waals surface area contributed by atoms with Gasteiger partial charge in [0, 0.05) is 11.3 Å². The number of amides is 1. The second kappa shape index (κ2) is 11.8. The Bertz CT molecular complexity index is 1300. The first-order valence-electron chi connectivity index (χ1n) is 11.0. The summed E-state index contributed by atoms with van der Waals surface area (Å²) in [6.07, 6.45) is 5.00. The van der Waals surface area contributed by atoms with Crippen LogP contribution in [0.25, 0.3) is 23.2 Å². The maximum Gasteiger partial charge on any atom is 0.250 e. The number of hydrazone groups is 1. The Morgan fingerprint density at radius 2 is 1.91 bits per heavy atom. The highest BCUT2D eigenvalue weighted by Gasteiger charge is 2.17. The van der Waals surface area contributed by atoms with E-state index in [0.29, 0.717) is 17.6 Å². The number of benzene rings is 2. The van der Waals surface area contributed by atoms with Gasteiger partial charge < -0.3 is 9.15 Å². The van der Waals surface area contributed by atoms with Gasteiger partial charge in [0.1, 0.15) is 11.5 Å². The summed E-state index contributed by atoms with van der Waals surface area (Å²) in [4.78, 5) is 12.4. The van der Waals surface area contributed by atoms with Crippen molar-refractivity contribution in [2.45, 2.75) is 19.0 Å². The molecule has 0 spiro atoms. The molecule has 2 aromatic carbocycles. The number of hydrogen-bond acceptors (Lipinski definition) is 7. The number of thioether (sulfide) groups is 1. The molecule has 4 aromatic rings. The molecule has 0 atom stereocenters. The van der Waals surface area contributed by atoms with Crippen LogP contribution in [0.1, 0.15) is 19.6 Å². The van der Waals surface area contributed by atoms with Crippen LogP contribution in [-0.2, 0) is 4.79 Å². The summed E-state index contributed by atoms with van der Waals surface area (Å²) >= 11 is 1.29. The Balaban J connectivity index is 1.47. The molecule has 8 nitrogen and oxygen atoms in total. The van der Waals surface area contributed by atoms with Crippen LogP contribution in [0.2, 0.25) is 0 Å². The van der Waals surface area contributed by atoms with E-state index in [0.717, 1.165) is 28.3 Å². The molecular weight excluding hydrogens is 462 g/mol. The Morgan fingerprint density at radius 3 is 2.63 bits per heavy atom. The summed E-state index contributed by atoms with van der Waals surface area (Å²) in [5.41, 5.74) is 5.19. The first-order valence-corrected chi connectivity index (χ1v) is 12.0. The van der Waals surface area contributed by atoms with Gasteiger partial charge in [-0.25, -0.2) is 5.43 Å². The molecule has 1 N–H and O–H groups in total. The Kier molecular flexibility index (Phi) is 8.13. The maximum atomic E-state index is 12.4. The van der Waals surface area contributed by atoms with Crippen LogP contribution < -0.4 is 10.2 Å². The molecule has 0 unspecified atom stereocenters. The maximum absolute atomic E-state index is 12.4. The zero-order valence-corrected chi connectivity index (χ0v) is 20.2. The van der Waals surface area contributed by atoms with Gasteiger partial charge in [-0.15, -0.1) is 10.2 Å².